The van der Waals surface area contributed by atoms with Crippen molar-refractivity contribution in [1.82, 2.24) is 0 Å². The maximum Gasteiger partial charge on any atom is 0.362 e. The number of ether oxygens (including phenoxy) is 3. The predicted molar refractivity (Wildman–Crippen MR) is 174 cm³/mol. The molecule has 0 spiro atoms. The number of nitrogens with zero attached hydrogens (tertiary/aromatic N) is 1. The smallest absolute Gasteiger partial charge is 0.362 e. The molecular weight excluding hydrogens is 546 g/mol. The highest BCUT2D eigenvalue weighted by molar-refractivity contribution is 5.72. The number of allylic oxidation sites excluding steroid dienone is 2. The Morgan fingerprint density at radius 1 is 0.674 bits per heavy atom. The Bertz CT molecular complexity index is 732. The zero-order chi connectivity index (χ0) is 32.2. The molecule has 0 aliphatic heterocycles. The third-order valence-electron chi connectivity index (χ3n) is 7.66. The summed E-state index contributed by atoms with van der Waals surface area (Å²) in [5.41, 5.74) is 0. The number of carbonyl (C=O) groups is 3. The number of carboxylic acid groups (broad SMARTS) is 1. The number of unbranched alkanes of at least 4 members (excludes halogenated alkanes) is 14. The first-order valence-electron chi connectivity index (χ1n) is 17.2. The number of carboxylic acids is 1. The zero-order valence-corrected chi connectivity index (χ0v) is 28.4. The Balaban J connectivity index is 4.44. The fourth-order valence-electron chi connectivity index (χ4n) is 4.91. The second-order valence-corrected chi connectivity index (χ2v) is 12.8. The Kier molecular flexibility index (Phi) is 26.4. The van der Waals surface area contributed by atoms with Gasteiger partial charge in [-0.1, -0.05) is 96.6 Å². The second kappa shape index (κ2) is 27.6. The Morgan fingerprint density at radius 3 is 1.70 bits per heavy atom. The molecule has 0 aliphatic carbocycles. The predicted octanol–water partition coefficient (Wildman–Crippen LogP) is 8.02. The van der Waals surface area contributed by atoms with E-state index in [-0.39, 0.29) is 36.2 Å². The van der Waals surface area contributed by atoms with Crippen LogP contribution < -0.4 is 0 Å². The van der Waals surface area contributed by atoms with Crippen LogP contribution in [0.5, 0.6) is 0 Å². The van der Waals surface area contributed by atoms with Crippen molar-refractivity contribution in [2.24, 2.45) is 0 Å². The van der Waals surface area contributed by atoms with Crippen molar-refractivity contribution in [2.75, 3.05) is 41.0 Å². The van der Waals surface area contributed by atoms with E-state index in [2.05, 4.69) is 26.0 Å². The molecule has 0 amide bonds. The SMILES string of the molecule is CCCCCC/C=C\CCCCCCCC(=O)OC(COCCC(C(=O)O)[N+](C)(C)C)COC(=O)CCCCCCCC. The van der Waals surface area contributed by atoms with Crippen LogP contribution >= 0.6 is 0 Å². The van der Waals surface area contributed by atoms with Gasteiger partial charge in [0.2, 0.25) is 0 Å². The third-order valence-corrected chi connectivity index (χ3v) is 7.66. The van der Waals surface area contributed by atoms with E-state index in [1.54, 1.807) is 0 Å². The van der Waals surface area contributed by atoms with E-state index in [1.165, 1.54) is 57.8 Å². The number of aliphatic carboxylic acids is 1. The maximum atomic E-state index is 12.6. The van der Waals surface area contributed by atoms with Crippen LogP contribution in [-0.2, 0) is 28.6 Å². The van der Waals surface area contributed by atoms with E-state index in [4.69, 9.17) is 14.2 Å². The van der Waals surface area contributed by atoms with Crippen molar-refractivity contribution in [3.05, 3.63) is 12.2 Å². The molecule has 1 N–H and O–H groups in total. The molecule has 0 aromatic carbocycles. The number of likely N-dealkylation sites (N-methyl/N-ethyl adjacent to an activating group) is 1. The summed E-state index contributed by atoms with van der Waals surface area (Å²) in [4.78, 5) is 36.4. The molecule has 8 nitrogen and oxygen atoms in total. The number of carbonyl (C=O) groups excluding carboxylic acids is 2. The van der Waals surface area contributed by atoms with Crippen molar-refractivity contribution in [1.29, 1.82) is 0 Å². The van der Waals surface area contributed by atoms with Crippen LogP contribution in [0.4, 0.5) is 0 Å². The van der Waals surface area contributed by atoms with Crippen molar-refractivity contribution < 1.29 is 38.2 Å². The minimum absolute atomic E-state index is 0.0514. The van der Waals surface area contributed by atoms with Crippen molar-refractivity contribution in [2.45, 2.75) is 154 Å². The Hall–Kier alpha value is -1.93. The zero-order valence-electron chi connectivity index (χ0n) is 28.4. The van der Waals surface area contributed by atoms with Gasteiger partial charge in [-0.05, 0) is 38.5 Å². The highest BCUT2D eigenvalue weighted by atomic mass is 16.6. The molecule has 0 saturated carbocycles. The molecule has 8 heteroatoms. The molecule has 0 aromatic heterocycles. The van der Waals surface area contributed by atoms with E-state index in [0.717, 1.165) is 51.4 Å². The molecule has 0 saturated heterocycles. The average Bonchev–Trinajstić information content (AvgIpc) is 2.94. The summed E-state index contributed by atoms with van der Waals surface area (Å²) >= 11 is 0. The van der Waals surface area contributed by atoms with Crippen molar-refractivity contribution in [3.8, 4) is 0 Å². The number of hydrogen-bond donors (Lipinski definition) is 1. The lowest BCUT2D eigenvalue weighted by molar-refractivity contribution is -0.887. The van der Waals surface area contributed by atoms with Gasteiger partial charge >= 0.3 is 17.9 Å². The van der Waals surface area contributed by atoms with Crippen LogP contribution in [0.15, 0.2) is 12.2 Å². The van der Waals surface area contributed by atoms with Crippen molar-refractivity contribution in [3.63, 3.8) is 0 Å². The van der Waals surface area contributed by atoms with Gasteiger partial charge in [0, 0.05) is 19.3 Å². The van der Waals surface area contributed by atoms with Gasteiger partial charge in [0.05, 0.1) is 34.4 Å². The standard InChI is InChI=1S/C35H65NO7/c1-6-8-10-12-14-15-16-17-18-19-20-22-24-26-34(38)43-31(29-41-28-27-32(35(39)40)36(3,4)5)30-42-33(37)25-23-21-13-11-9-7-2/h15-16,31-32H,6-14,17-30H2,1-5H3/p+1/b16-15-. The first kappa shape index (κ1) is 41.1. The van der Waals surface area contributed by atoms with Crippen LogP contribution in [0.2, 0.25) is 0 Å². The molecule has 2 atom stereocenters. The molecule has 2 unspecified atom stereocenters. The van der Waals surface area contributed by atoms with Gasteiger partial charge in [-0.3, -0.25) is 9.59 Å². The largest absolute Gasteiger partial charge is 0.477 e. The quantitative estimate of drug-likeness (QED) is 0.0380. The molecule has 0 aromatic rings. The highest BCUT2D eigenvalue weighted by Crippen LogP contribution is 2.12. The minimum Gasteiger partial charge on any atom is -0.477 e. The van der Waals surface area contributed by atoms with E-state index in [9.17, 15) is 19.5 Å². The summed E-state index contributed by atoms with van der Waals surface area (Å²) in [6.07, 6.45) is 24.1. The van der Waals surface area contributed by atoms with E-state index < -0.39 is 18.1 Å². The molecular formula is C35H66NO7+. The topological polar surface area (TPSA) is 99.1 Å². The third kappa shape index (κ3) is 26.2. The number of rotatable bonds is 30. The Labute approximate surface area is 263 Å². The molecule has 0 radical (unpaired) electrons. The van der Waals surface area contributed by atoms with Crippen LogP contribution in [-0.4, -0.2) is 80.6 Å². The summed E-state index contributed by atoms with van der Waals surface area (Å²) in [5, 5.41) is 9.53. The van der Waals surface area contributed by atoms with Crippen LogP contribution in [0.3, 0.4) is 0 Å². The molecule has 0 fully saturated rings. The van der Waals surface area contributed by atoms with E-state index in [0.29, 0.717) is 19.3 Å². The van der Waals surface area contributed by atoms with E-state index >= 15 is 0 Å². The summed E-state index contributed by atoms with van der Waals surface area (Å²) in [5.74, 6) is -1.49. The molecule has 43 heavy (non-hydrogen) atoms. The molecule has 0 rings (SSSR count). The van der Waals surface area contributed by atoms with Gasteiger partial charge < -0.3 is 23.8 Å². The molecule has 0 bridgehead atoms. The number of hydrogen-bond acceptors (Lipinski definition) is 6. The number of esters is 2. The summed E-state index contributed by atoms with van der Waals surface area (Å²) in [7, 11) is 5.50. The summed E-state index contributed by atoms with van der Waals surface area (Å²) in [6.45, 7) is 4.63. The van der Waals surface area contributed by atoms with Crippen LogP contribution in [0, 0.1) is 0 Å². The lowest BCUT2D eigenvalue weighted by Gasteiger charge is -2.31. The Morgan fingerprint density at radius 2 is 1.16 bits per heavy atom. The van der Waals surface area contributed by atoms with Crippen LogP contribution in [0.1, 0.15) is 142 Å². The van der Waals surface area contributed by atoms with E-state index in [1.807, 2.05) is 21.1 Å². The van der Waals surface area contributed by atoms with Gasteiger partial charge in [0.1, 0.15) is 6.61 Å². The first-order chi connectivity index (χ1) is 20.6. The number of quaternary nitrogens is 1. The lowest BCUT2D eigenvalue weighted by atomic mass is 10.1. The molecule has 0 heterocycles. The normalized spacial score (nSPS) is 13.2. The first-order valence-corrected chi connectivity index (χ1v) is 17.2. The van der Waals surface area contributed by atoms with Crippen LogP contribution in [0.25, 0.3) is 0 Å². The fourth-order valence-corrected chi connectivity index (χ4v) is 4.91. The molecule has 252 valence electrons. The van der Waals surface area contributed by atoms with Gasteiger partial charge in [-0.2, -0.15) is 0 Å². The summed E-state index contributed by atoms with van der Waals surface area (Å²) < 4.78 is 17.1. The average molecular weight is 613 g/mol. The van der Waals surface area contributed by atoms with Gasteiger partial charge in [-0.15, -0.1) is 0 Å². The van der Waals surface area contributed by atoms with Gasteiger partial charge in [0.15, 0.2) is 12.1 Å². The maximum absolute atomic E-state index is 12.6. The highest BCUT2D eigenvalue weighted by Gasteiger charge is 2.31. The van der Waals surface area contributed by atoms with Gasteiger partial charge in [-0.25, -0.2) is 4.79 Å². The lowest BCUT2D eigenvalue weighted by Crippen LogP contribution is -2.50. The monoisotopic (exact) mass is 612 g/mol. The second-order valence-electron chi connectivity index (χ2n) is 12.8. The molecule has 0 aliphatic rings. The minimum atomic E-state index is -0.878. The van der Waals surface area contributed by atoms with Crippen molar-refractivity contribution >= 4 is 17.9 Å². The summed E-state index contributed by atoms with van der Waals surface area (Å²) in [6, 6.07) is -0.609. The fraction of sp³-hybridized carbons (Fsp3) is 0.857. The van der Waals surface area contributed by atoms with Gasteiger partial charge in [0.25, 0.3) is 0 Å².